The first-order chi connectivity index (χ1) is 14.3. The number of carbonyl (C=O) groups excluding carboxylic acids is 2. The van der Waals surface area contributed by atoms with E-state index in [1.54, 1.807) is 56.5 Å². The summed E-state index contributed by atoms with van der Waals surface area (Å²) in [5.74, 6) is 0.633. The second-order valence-corrected chi connectivity index (χ2v) is 7.52. The van der Waals surface area contributed by atoms with Crippen LogP contribution in [0.1, 0.15) is 12.0 Å². The predicted octanol–water partition coefficient (Wildman–Crippen LogP) is 3.31. The monoisotopic (exact) mass is 447 g/mol. The first-order valence-corrected chi connectivity index (χ1v) is 9.97. The molecule has 1 saturated heterocycles. The summed E-state index contributed by atoms with van der Waals surface area (Å²) in [4.78, 5) is 28.5. The van der Waals surface area contributed by atoms with Gasteiger partial charge in [-0.2, -0.15) is 0 Å². The van der Waals surface area contributed by atoms with Crippen LogP contribution >= 0.6 is 23.8 Å². The topological polar surface area (TPSA) is 71.1 Å². The number of hydrogen-bond acceptors (Lipinski definition) is 5. The molecule has 0 spiro atoms. The van der Waals surface area contributed by atoms with Crippen LogP contribution in [0.4, 0.5) is 5.69 Å². The quantitative estimate of drug-likeness (QED) is 0.656. The third-order valence-electron chi connectivity index (χ3n) is 4.85. The van der Waals surface area contributed by atoms with Crippen LogP contribution in [0.3, 0.4) is 0 Å². The highest BCUT2D eigenvalue weighted by molar-refractivity contribution is 7.80. The minimum absolute atomic E-state index is 0.0537. The second-order valence-electron chi connectivity index (χ2n) is 6.75. The van der Waals surface area contributed by atoms with Gasteiger partial charge in [0.2, 0.25) is 5.91 Å². The number of thiocarbonyl (C=S) groups is 1. The number of rotatable bonds is 7. The van der Waals surface area contributed by atoms with Gasteiger partial charge in [-0.05, 0) is 42.0 Å². The number of likely N-dealkylation sites (N-methyl/N-ethyl adjacent to an activating group) is 1. The van der Waals surface area contributed by atoms with Crippen LogP contribution in [-0.4, -0.2) is 54.0 Å². The van der Waals surface area contributed by atoms with Crippen molar-refractivity contribution in [1.29, 1.82) is 0 Å². The maximum atomic E-state index is 12.7. The zero-order valence-electron chi connectivity index (χ0n) is 16.8. The number of nitrogens with zero attached hydrogens (tertiary/aromatic N) is 2. The summed E-state index contributed by atoms with van der Waals surface area (Å²) in [5.41, 5.74) is 1.37. The summed E-state index contributed by atoms with van der Waals surface area (Å²) in [5, 5.41) is 3.55. The van der Waals surface area contributed by atoms with E-state index in [9.17, 15) is 9.59 Å². The highest BCUT2D eigenvalue weighted by Gasteiger charge is 2.41. The fourth-order valence-corrected chi connectivity index (χ4v) is 3.73. The van der Waals surface area contributed by atoms with Gasteiger partial charge in [0.1, 0.15) is 6.04 Å². The number of halogens is 1. The molecule has 1 N–H and O–H groups in total. The summed E-state index contributed by atoms with van der Waals surface area (Å²) in [6.07, 6.45) is -0.0537. The van der Waals surface area contributed by atoms with Crippen molar-refractivity contribution in [2.24, 2.45) is 0 Å². The number of para-hydroxylation sites is 1. The van der Waals surface area contributed by atoms with Crippen LogP contribution in [-0.2, 0) is 16.1 Å². The van der Waals surface area contributed by atoms with Crippen LogP contribution in [0.2, 0.25) is 5.02 Å². The number of nitrogens with one attached hydrogen (secondary N) is 1. The average Bonchev–Trinajstić information content (AvgIpc) is 2.93. The lowest BCUT2D eigenvalue weighted by Crippen LogP contribution is -2.37. The Morgan fingerprint density at radius 3 is 2.53 bits per heavy atom. The molecule has 7 nitrogen and oxygen atoms in total. The highest BCUT2D eigenvalue weighted by atomic mass is 35.5. The number of methoxy groups -OCH3 is 2. The highest BCUT2D eigenvalue weighted by Crippen LogP contribution is 2.30. The molecule has 0 aliphatic carbocycles. The zero-order chi connectivity index (χ0) is 21.8. The predicted molar refractivity (Wildman–Crippen MR) is 119 cm³/mol. The number of anilines is 1. The standard InChI is InChI=1S/C21H22ClN3O4S/c1-24-20(27)16(11-19(26)23-15-7-5-4-6-14(15)22)25(21(24)30)12-13-8-9-17(28-2)18(10-13)29-3/h4-10,16H,11-12H2,1-3H3,(H,23,26). The van der Waals surface area contributed by atoms with Gasteiger partial charge in [0.15, 0.2) is 16.6 Å². The Labute approximate surface area is 185 Å². The van der Waals surface area contributed by atoms with E-state index >= 15 is 0 Å². The summed E-state index contributed by atoms with van der Waals surface area (Å²) in [7, 11) is 4.73. The summed E-state index contributed by atoms with van der Waals surface area (Å²) >= 11 is 11.6. The van der Waals surface area contributed by atoms with E-state index in [-0.39, 0.29) is 18.2 Å². The first-order valence-electron chi connectivity index (χ1n) is 9.19. The molecule has 2 aromatic rings. The third-order valence-corrected chi connectivity index (χ3v) is 5.69. The Kier molecular flexibility index (Phi) is 6.79. The maximum absolute atomic E-state index is 12.7. The van der Waals surface area contributed by atoms with E-state index in [2.05, 4.69) is 5.32 Å². The number of benzene rings is 2. The van der Waals surface area contributed by atoms with Crippen LogP contribution in [0.15, 0.2) is 42.5 Å². The SMILES string of the molecule is COc1ccc(CN2C(=S)N(C)C(=O)C2CC(=O)Nc2ccccc2Cl)cc1OC. The van der Waals surface area contributed by atoms with Crippen LogP contribution < -0.4 is 14.8 Å². The number of ether oxygens (including phenoxy) is 2. The van der Waals surface area contributed by atoms with Gasteiger partial charge in [-0.25, -0.2) is 0 Å². The molecule has 1 aliphatic rings. The normalized spacial score (nSPS) is 16.1. The Morgan fingerprint density at radius 1 is 1.17 bits per heavy atom. The van der Waals surface area contributed by atoms with E-state index < -0.39 is 6.04 Å². The molecule has 0 saturated carbocycles. The van der Waals surface area contributed by atoms with Crippen molar-refractivity contribution in [3.8, 4) is 11.5 Å². The van der Waals surface area contributed by atoms with Gasteiger partial charge in [0.05, 0.1) is 31.4 Å². The van der Waals surface area contributed by atoms with Crippen molar-refractivity contribution < 1.29 is 19.1 Å². The Hall–Kier alpha value is -2.84. The smallest absolute Gasteiger partial charge is 0.251 e. The van der Waals surface area contributed by atoms with E-state index in [4.69, 9.17) is 33.3 Å². The van der Waals surface area contributed by atoms with Crippen molar-refractivity contribution in [1.82, 2.24) is 9.80 Å². The minimum atomic E-state index is -0.710. The molecule has 1 heterocycles. The van der Waals surface area contributed by atoms with Crippen molar-refractivity contribution in [3.63, 3.8) is 0 Å². The van der Waals surface area contributed by atoms with Gasteiger partial charge >= 0.3 is 0 Å². The molecule has 1 atom stereocenters. The van der Waals surface area contributed by atoms with Crippen LogP contribution in [0.5, 0.6) is 11.5 Å². The lowest BCUT2D eigenvalue weighted by atomic mass is 10.1. The molecule has 0 aromatic heterocycles. The van der Waals surface area contributed by atoms with Gasteiger partial charge in [-0.15, -0.1) is 0 Å². The van der Waals surface area contributed by atoms with Crippen molar-refractivity contribution >= 4 is 46.4 Å². The Morgan fingerprint density at radius 2 is 1.87 bits per heavy atom. The van der Waals surface area contributed by atoms with Gasteiger partial charge < -0.3 is 19.7 Å². The van der Waals surface area contributed by atoms with E-state index in [0.717, 1.165) is 5.56 Å². The average molecular weight is 448 g/mol. The molecule has 3 rings (SSSR count). The summed E-state index contributed by atoms with van der Waals surface area (Å²) in [6, 6.07) is 11.7. The molecule has 0 bridgehead atoms. The van der Waals surface area contributed by atoms with Crippen LogP contribution in [0, 0.1) is 0 Å². The Balaban J connectivity index is 1.78. The van der Waals surface area contributed by atoms with Crippen molar-refractivity contribution in [3.05, 3.63) is 53.1 Å². The van der Waals surface area contributed by atoms with Crippen molar-refractivity contribution in [2.45, 2.75) is 19.0 Å². The molecule has 158 valence electrons. The maximum Gasteiger partial charge on any atom is 0.251 e. The van der Waals surface area contributed by atoms with Crippen molar-refractivity contribution in [2.75, 3.05) is 26.6 Å². The second kappa shape index (κ2) is 9.32. The fourth-order valence-electron chi connectivity index (χ4n) is 3.27. The molecule has 1 unspecified atom stereocenters. The van der Waals surface area contributed by atoms with Gasteiger partial charge in [0, 0.05) is 13.6 Å². The lowest BCUT2D eigenvalue weighted by molar-refractivity contribution is -0.130. The number of carbonyl (C=O) groups is 2. The van der Waals surface area contributed by atoms with Gasteiger partial charge in [-0.1, -0.05) is 29.8 Å². The minimum Gasteiger partial charge on any atom is -0.493 e. The fraction of sp³-hybridized carbons (Fsp3) is 0.286. The van der Waals surface area contributed by atoms with Crippen LogP contribution in [0.25, 0.3) is 0 Å². The third kappa shape index (κ3) is 4.49. The summed E-state index contributed by atoms with van der Waals surface area (Å²) < 4.78 is 10.6. The first kappa shape index (κ1) is 21.9. The molecule has 2 amide bonds. The molecule has 2 aromatic carbocycles. The largest absolute Gasteiger partial charge is 0.493 e. The van der Waals surface area contributed by atoms with E-state index in [0.29, 0.717) is 33.9 Å². The molecule has 0 radical (unpaired) electrons. The zero-order valence-corrected chi connectivity index (χ0v) is 18.4. The number of amides is 2. The summed E-state index contributed by atoms with van der Waals surface area (Å²) in [6.45, 7) is 0.347. The van der Waals surface area contributed by atoms with E-state index in [1.165, 1.54) is 4.90 Å². The molecular weight excluding hydrogens is 426 g/mol. The molecule has 1 fully saturated rings. The lowest BCUT2D eigenvalue weighted by Gasteiger charge is -2.24. The molecule has 30 heavy (non-hydrogen) atoms. The van der Waals surface area contributed by atoms with Gasteiger partial charge in [-0.3, -0.25) is 14.5 Å². The molecule has 1 aliphatic heterocycles. The van der Waals surface area contributed by atoms with E-state index in [1.807, 2.05) is 12.1 Å². The number of hydrogen-bond donors (Lipinski definition) is 1. The van der Waals surface area contributed by atoms with Gasteiger partial charge in [0.25, 0.3) is 5.91 Å². The Bertz CT molecular complexity index is 984. The molecule has 9 heteroatoms. The molecular formula is C21H22ClN3O4S.